The van der Waals surface area contributed by atoms with Crippen LogP contribution in [0.2, 0.25) is 0 Å². The molecule has 8 heteroatoms. The molecule has 1 aliphatic carbocycles. The highest BCUT2D eigenvalue weighted by Crippen LogP contribution is 2.23. The van der Waals surface area contributed by atoms with Gasteiger partial charge in [0.1, 0.15) is 6.04 Å². The fourth-order valence-electron chi connectivity index (χ4n) is 2.19. The molecule has 0 bridgehead atoms. The first kappa shape index (κ1) is 15.9. The van der Waals surface area contributed by atoms with Gasteiger partial charge in [0.15, 0.2) is 0 Å². The number of nitrogens with two attached hydrogens (primary N) is 1. The maximum Gasteiger partial charge on any atom is 0.321 e. The zero-order valence-corrected chi connectivity index (χ0v) is 11.5. The molecule has 1 atom stereocenters. The summed E-state index contributed by atoms with van der Waals surface area (Å²) in [6.45, 7) is 0. The third kappa shape index (κ3) is 5.15. The average molecular weight is 292 g/mol. The summed E-state index contributed by atoms with van der Waals surface area (Å²) >= 11 is 0. The van der Waals surface area contributed by atoms with Gasteiger partial charge in [-0.05, 0) is 19.3 Å². The van der Waals surface area contributed by atoms with Gasteiger partial charge in [-0.1, -0.05) is 19.3 Å². The highest BCUT2D eigenvalue weighted by atomic mass is 32.2. The molecular weight excluding hydrogens is 272 g/mol. The lowest BCUT2D eigenvalue weighted by Gasteiger charge is -2.24. The normalized spacial score (nSPS) is 18.9. The van der Waals surface area contributed by atoms with Gasteiger partial charge in [-0.2, -0.15) is 0 Å². The van der Waals surface area contributed by atoms with Crippen LogP contribution < -0.4 is 10.5 Å². The van der Waals surface area contributed by atoms with E-state index in [2.05, 4.69) is 4.72 Å². The molecule has 1 amide bonds. The first-order valence-corrected chi connectivity index (χ1v) is 7.90. The summed E-state index contributed by atoms with van der Waals surface area (Å²) in [6, 6.07) is -1.29. The van der Waals surface area contributed by atoms with Crippen molar-refractivity contribution in [1.82, 2.24) is 4.72 Å². The minimum Gasteiger partial charge on any atom is -0.480 e. The quantitative estimate of drug-likeness (QED) is 0.606. The van der Waals surface area contributed by atoms with E-state index in [0.717, 1.165) is 19.3 Å². The van der Waals surface area contributed by atoms with E-state index >= 15 is 0 Å². The molecule has 7 nitrogen and oxygen atoms in total. The van der Waals surface area contributed by atoms with Gasteiger partial charge in [0, 0.05) is 6.42 Å². The number of primary amides is 1. The van der Waals surface area contributed by atoms with Crippen LogP contribution >= 0.6 is 0 Å². The van der Waals surface area contributed by atoms with E-state index in [1.54, 1.807) is 0 Å². The summed E-state index contributed by atoms with van der Waals surface area (Å²) in [4.78, 5) is 21.6. The first-order valence-electron chi connectivity index (χ1n) is 6.35. The fraction of sp³-hybridized carbons (Fsp3) is 0.818. The number of carbonyl (C=O) groups is 2. The van der Waals surface area contributed by atoms with Crippen LogP contribution in [0.25, 0.3) is 0 Å². The van der Waals surface area contributed by atoms with E-state index in [1.165, 1.54) is 0 Å². The van der Waals surface area contributed by atoms with Crippen molar-refractivity contribution < 1.29 is 23.1 Å². The number of carbonyl (C=O) groups excluding carboxylic acids is 1. The smallest absolute Gasteiger partial charge is 0.321 e. The molecule has 0 aliphatic heterocycles. The molecule has 0 radical (unpaired) electrons. The van der Waals surface area contributed by atoms with Gasteiger partial charge in [0.05, 0.1) is 5.25 Å². The second kappa shape index (κ2) is 6.85. The third-order valence-corrected chi connectivity index (χ3v) is 5.24. The van der Waals surface area contributed by atoms with Crippen molar-refractivity contribution in [2.75, 3.05) is 0 Å². The Morgan fingerprint density at radius 1 is 1.26 bits per heavy atom. The Morgan fingerprint density at radius 3 is 2.32 bits per heavy atom. The largest absolute Gasteiger partial charge is 0.480 e. The maximum absolute atomic E-state index is 12.1. The van der Waals surface area contributed by atoms with Crippen molar-refractivity contribution in [2.24, 2.45) is 5.73 Å². The number of nitrogens with one attached hydrogen (secondary N) is 1. The van der Waals surface area contributed by atoms with Crippen molar-refractivity contribution in [1.29, 1.82) is 0 Å². The summed E-state index contributed by atoms with van der Waals surface area (Å²) in [5, 5.41) is 8.44. The van der Waals surface area contributed by atoms with E-state index in [4.69, 9.17) is 10.8 Å². The van der Waals surface area contributed by atoms with Gasteiger partial charge in [-0.15, -0.1) is 0 Å². The van der Waals surface area contributed by atoms with Gasteiger partial charge in [-0.3, -0.25) is 9.59 Å². The topological polar surface area (TPSA) is 127 Å². The van der Waals surface area contributed by atoms with Crippen LogP contribution in [0.5, 0.6) is 0 Å². The van der Waals surface area contributed by atoms with Crippen LogP contribution in [0.3, 0.4) is 0 Å². The van der Waals surface area contributed by atoms with Gasteiger partial charge in [0.25, 0.3) is 0 Å². The standard InChI is InChI=1S/C11H20N2O5S/c12-10(14)7-6-9(11(15)16)13-19(17,18)8-4-2-1-3-5-8/h8-9,13H,1-7H2,(H2,12,14)(H,15,16)/t9-/m1/s1. The lowest BCUT2D eigenvalue weighted by molar-refractivity contribution is -0.139. The number of amides is 1. The van der Waals surface area contributed by atoms with Crippen LogP contribution in [0.4, 0.5) is 0 Å². The predicted octanol–water partition coefficient (Wildman–Crippen LogP) is -0.0428. The molecule has 0 saturated heterocycles. The van der Waals surface area contributed by atoms with Crippen LogP contribution in [-0.2, 0) is 19.6 Å². The maximum atomic E-state index is 12.1. The van der Waals surface area contributed by atoms with Gasteiger partial charge in [-0.25, -0.2) is 13.1 Å². The monoisotopic (exact) mass is 292 g/mol. The number of carboxylic acid groups (broad SMARTS) is 1. The fourth-order valence-corrected chi connectivity index (χ4v) is 3.95. The van der Waals surface area contributed by atoms with Crippen molar-refractivity contribution >= 4 is 21.9 Å². The number of rotatable bonds is 7. The zero-order valence-electron chi connectivity index (χ0n) is 10.7. The summed E-state index contributed by atoms with van der Waals surface area (Å²) in [5.41, 5.74) is 4.94. The lowest BCUT2D eigenvalue weighted by atomic mass is 10.0. The van der Waals surface area contributed by atoms with Crippen molar-refractivity contribution in [3.63, 3.8) is 0 Å². The third-order valence-electron chi connectivity index (χ3n) is 3.28. The summed E-state index contributed by atoms with van der Waals surface area (Å²) in [7, 11) is -3.66. The molecule has 1 saturated carbocycles. The first-order chi connectivity index (χ1) is 8.83. The van der Waals surface area contributed by atoms with E-state index in [-0.39, 0.29) is 12.8 Å². The van der Waals surface area contributed by atoms with Gasteiger partial charge >= 0.3 is 5.97 Å². The van der Waals surface area contributed by atoms with E-state index in [9.17, 15) is 18.0 Å². The molecule has 1 fully saturated rings. The van der Waals surface area contributed by atoms with Gasteiger partial charge < -0.3 is 10.8 Å². The van der Waals surface area contributed by atoms with E-state index in [0.29, 0.717) is 12.8 Å². The van der Waals surface area contributed by atoms with E-state index in [1.807, 2.05) is 0 Å². The van der Waals surface area contributed by atoms with Crippen LogP contribution in [-0.4, -0.2) is 36.7 Å². The molecule has 0 aromatic heterocycles. The molecule has 1 rings (SSSR count). The summed E-state index contributed by atoms with van der Waals surface area (Å²) < 4.78 is 26.3. The summed E-state index contributed by atoms with van der Waals surface area (Å²) in [5.74, 6) is -1.94. The van der Waals surface area contributed by atoms with Crippen LogP contribution in [0, 0.1) is 0 Å². The number of carboxylic acids is 1. The highest BCUT2D eigenvalue weighted by molar-refractivity contribution is 7.90. The number of sulfonamides is 1. The molecule has 4 N–H and O–H groups in total. The Labute approximate surface area is 112 Å². The highest BCUT2D eigenvalue weighted by Gasteiger charge is 2.31. The minimum absolute atomic E-state index is 0.128. The summed E-state index contributed by atoms with van der Waals surface area (Å²) in [6.07, 6.45) is 3.50. The van der Waals surface area contributed by atoms with Crippen molar-refractivity contribution in [3.8, 4) is 0 Å². The second-order valence-corrected chi connectivity index (χ2v) is 6.81. The average Bonchev–Trinajstić information content (AvgIpc) is 2.35. The number of aliphatic carboxylic acids is 1. The molecule has 19 heavy (non-hydrogen) atoms. The number of hydrogen-bond acceptors (Lipinski definition) is 4. The minimum atomic E-state index is -3.66. The SMILES string of the molecule is NC(=O)CC[C@@H](NS(=O)(=O)C1CCCCC1)C(=O)O. The second-order valence-electron chi connectivity index (χ2n) is 4.82. The Kier molecular flexibility index (Phi) is 5.74. The number of hydrogen-bond donors (Lipinski definition) is 3. The Morgan fingerprint density at radius 2 is 1.84 bits per heavy atom. The van der Waals surface area contributed by atoms with Gasteiger partial charge in [0.2, 0.25) is 15.9 Å². The molecule has 0 spiro atoms. The Hall–Kier alpha value is -1.15. The molecule has 0 unspecified atom stereocenters. The van der Waals surface area contributed by atoms with Crippen LogP contribution in [0.15, 0.2) is 0 Å². The Balaban J connectivity index is 2.65. The van der Waals surface area contributed by atoms with E-state index < -0.39 is 33.2 Å². The van der Waals surface area contributed by atoms with Crippen molar-refractivity contribution in [3.05, 3.63) is 0 Å². The molecule has 1 aliphatic rings. The molecule has 0 aromatic carbocycles. The predicted molar refractivity (Wildman–Crippen MR) is 68.8 cm³/mol. The van der Waals surface area contributed by atoms with Crippen LogP contribution in [0.1, 0.15) is 44.9 Å². The molecular formula is C11H20N2O5S. The molecule has 0 heterocycles. The molecule has 0 aromatic rings. The lowest BCUT2D eigenvalue weighted by Crippen LogP contribution is -2.45. The van der Waals surface area contributed by atoms with Crippen molar-refractivity contribution in [2.45, 2.75) is 56.2 Å². The molecule has 110 valence electrons. The zero-order chi connectivity index (χ0) is 14.5. The Bertz CT molecular complexity index is 428.